The largest absolute Gasteiger partial charge is 0.316 e. The third kappa shape index (κ3) is 2.01. The Hall–Kier alpha value is -0.820. The lowest BCUT2D eigenvalue weighted by Crippen LogP contribution is -2.13. The van der Waals surface area contributed by atoms with E-state index in [0.29, 0.717) is 0 Å². The summed E-state index contributed by atoms with van der Waals surface area (Å²) in [6.07, 6.45) is 8.09. The van der Waals surface area contributed by atoms with Crippen LogP contribution in [-0.2, 0) is 19.3 Å². The second-order valence-corrected chi connectivity index (χ2v) is 5.32. The third-order valence-corrected chi connectivity index (χ3v) is 4.16. The first-order valence-corrected chi connectivity index (χ1v) is 6.74. The highest BCUT2D eigenvalue weighted by Gasteiger charge is 2.18. The van der Waals surface area contributed by atoms with E-state index in [0.717, 1.165) is 5.92 Å². The first kappa shape index (κ1) is 10.3. The summed E-state index contributed by atoms with van der Waals surface area (Å²) >= 11 is 0. The Morgan fingerprint density at radius 3 is 3.00 bits per heavy atom. The van der Waals surface area contributed by atoms with Crippen molar-refractivity contribution in [2.75, 3.05) is 13.1 Å². The maximum Gasteiger partial charge on any atom is -0.00169 e. The average molecular weight is 215 g/mol. The fourth-order valence-corrected chi connectivity index (χ4v) is 3.25. The Bertz CT molecular complexity index is 364. The van der Waals surface area contributed by atoms with Crippen molar-refractivity contribution in [3.63, 3.8) is 0 Å². The number of fused-ring (bicyclic) bond motifs is 1. The van der Waals surface area contributed by atoms with Crippen molar-refractivity contribution in [1.29, 1.82) is 0 Å². The maximum atomic E-state index is 3.47. The first-order valence-electron chi connectivity index (χ1n) is 6.74. The quantitative estimate of drug-likeness (QED) is 0.800. The molecule has 3 rings (SSSR count). The Morgan fingerprint density at radius 1 is 1.19 bits per heavy atom. The van der Waals surface area contributed by atoms with Crippen LogP contribution in [0.2, 0.25) is 0 Å². The number of benzene rings is 1. The van der Waals surface area contributed by atoms with Gasteiger partial charge in [-0.3, -0.25) is 0 Å². The minimum atomic E-state index is 0.883. The molecule has 86 valence electrons. The Balaban J connectivity index is 1.82. The van der Waals surface area contributed by atoms with Gasteiger partial charge in [-0.05, 0) is 74.2 Å². The topological polar surface area (TPSA) is 12.0 Å². The van der Waals surface area contributed by atoms with E-state index in [4.69, 9.17) is 0 Å². The average Bonchev–Trinajstić information content (AvgIpc) is 2.82. The second kappa shape index (κ2) is 4.58. The van der Waals surface area contributed by atoms with Crippen molar-refractivity contribution in [1.82, 2.24) is 5.32 Å². The molecule has 1 saturated heterocycles. The molecule has 1 nitrogen and oxygen atoms in total. The summed E-state index contributed by atoms with van der Waals surface area (Å²) in [5.74, 6) is 0.883. The molecule has 2 aliphatic rings. The van der Waals surface area contributed by atoms with Gasteiger partial charge in [0.25, 0.3) is 0 Å². The van der Waals surface area contributed by atoms with Gasteiger partial charge in [0.05, 0.1) is 0 Å². The van der Waals surface area contributed by atoms with E-state index in [1.165, 1.54) is 51.6 Å². The van der Waals surface area contributed by atoms with Gasteiger partial charge in [0, 0.05) is 0 Å². The highest BCUT2D eigenvalue weighted by molar-refractivity contribution is 5.37. The summed E-state index contributed by atoms with van der Waals surface area (Å²) in [6.45, 7) is 2.45. The summed E-state index contributed by atoms with van der Waals surface area (Å²) in [5, 5.41) is 3.47. The Morgan fingerprint density at radius 2 is 2.12 bits per heavy atom. The van der Waals surface area contributed by atoms with Gasteiger partial charge in [-0.1, -0.05) is 18.2 Å². The molecule has 0 spiro atoms. The highest BCUT2D eigenvalue weighted by atomic mass is 14.9. The molecule has 1 heterocycles. The summed E-state index contributed by atoms with van der Waals surface area (Å²) in [6, 6.07) is 6.97. The number of rotatable bonds is 2. The smallest absolute Gasteiger partial charge is 0.00169 e. The number of hydrogen-bond acceptors (Lipinski definition) is 1. The summed E-state index contributed by atoms with van der Waals surface area (Å²) in [7, 11) is 0. The number of nitrogens with one attached hydrogen (secondary N) is 1. The molecule has 0 bridgehead atoms. The van der Waals surface area contributed by atoms with Gasteiger partial charge < -0.3 is 5.32 Å². The molecule has 1 N–H and O–H groups in total. The van der Waals surface area contributed by atoms with E-state index >= 15 is 0 Å². The molecule has 0 radical (unpaired) electrons. The zero-order valence-corrected chi connectivity index (χ0v) is 9.97. The molecule has 1 aromatic carbocycles. The molecule has 0 amide bonds. The molecule has 1 aliphatic heterocycles. The SMILES string of the molecule is c1cc2c(c(CC3CCNC3)c1)CCCC2. The lowest BCUT2D eigenvalue weighted by atomic mass is 9.85. The van der Waals surface area contributed by atoms with Crippen LogP contribution < -0.4 is 5.32 Å². The first-order chi connectivity index (χ1) is 7.93. The van der Waals surface area contributed by atoms with Crippen LogP contribution in [-0.4, -0.2) is 13.1 Å². The van der Waals surface area contributed by atoms with Crippen LogP contribution in [0.15, 0.2) is 18.2 Å². The molecule has 1 heteroatoms. The van der Waals surface area contributed by atoms with Crippen molar-refractivity contribution < 1.29 is 0 Å². The van der Waals surface area contributed by atoms with Crippen LogP contribution in [0.1, 0.15) is 36.0 Å². The van der Waals surface area contributed by atoms with Crippen LogP contribution in [0.5, 0.6) is 0 Å². The predicted molar refractivity (Wildman–Crippen MR) is 67.8 cm³/mol. The van der Waals surface area contributed by atoms with Crippen LogP contribution in [0.25, 0.3) is 0 Å². The van der Waals surface area contributed by atoms with E-state index < -0.39 is 0 Å². The van der Waals surface area contributed by atoms with E-state index in [2.05, 4.69) is 23.5 Å². The van der Waals surface area contributed by atoms with Crippen molar-refractivity contribution in [3.8, 4) is 0 Å². The van der Waals surface area contributed by atoms with Gasteiger partial charge in [-0.15, -0.1) is 0 Å². The monoisotopic (exact) mass is 215 g/mol. The van der Waals surface area contributed by atoms with Crippen molar-refractivity contribution >= 4 is 0 Å². The number of aryl methyl sites for hydroxylation is 1. The summed E-state index contributed by atoms with van der Waals surface area (Å²) in [5.41, 5.74) is 4.97. The predicted octanol–water partition coefficient (Wildman–Crippen LogP) is 2.72. The minimum absolute atomic E-state index is 0.883. The van der Waals surface area contributed by atoms with Crippen molar-refractivity contribution in [2.24, 2.45) is 5.92 Å². The highest BCUT2D eigenvalue weighted by Crippen LogP contribution is 2.27. The Labute approximate surface area is 98.3 Å². The maximum absolute atomic E-state index is 3.47. The molecular formula is C15H21N. The van der Waals surface area contributed by atoms with Crippen LogP contribution in [0.4, 0.5) is 0 Å². The summed E-state index contributed by atoms with van der Waals surface area (Å²) in [4.78, 5) is 0. The Kier molecular flexibility index (Phi) is 2.96. The van der Waals surface area contributed by atoms with E-state index in [-0.39, 0.29) is 0 Å². The zero-order valence-electron chi connectivity index (χ0n) is 9.97. The third-order valence-electron chi connectivity index (χ3n) is 4.16. The second-order valence-electron chi connectivity index (χ2n) is 5.32. The van der Waals surface area contributed by atoms with E-state index in [9.17, 15) is 0 Å². The lowest BCUT2D eigenvalue weighted by molar-refractivity contribution is 0.571. The summed E-state index contributed by atoms with van der Waals surface area (Å²) < 4.78 is 0. The van der Waals surface area contributed by atoms with Crippen molar-refractivity contribution in [2.45, 2.75) is 38.5 Å². The molecule has 1 aliphatic carbocycles. The van der Waals surface area contributed by atoms with Gasteiger partial charge in [-0.25, -0.2) is 0 Å². The number of hydrogen-bond donors (Lipinski definition) is 1. The fraction of sp³-hybridized carbons (Fsp3) is 0.600. The van der Waals surface area contributed by atoms with E-state index in [1.807, 2.05) is 0 Å². The molecule has 1 unspecified atom stereocenters. The molecule has 0 aromatic heterocycles. The molecular weight excluding hydrogens is 194 g/mol. The van der Waals surface area contributed by atoms with Gasteiger partial charge in [0.1, 0.15) is 0 Å². The molecule has 1 aromatic rings. The molecule has 1 fully saturated rings. The molecule has 1 atom stereocenters. The van der Waals surface area contributed by atoms with Crippen LogP contribution in [0, 0.1) is 5.92 Å². The zero-order chi connectivity index (χ0) is 10.8. The van der Waals surface area contributed by atoms with E-state index in [1.54, 1.807) is 16.7 Å². The minimum Gasteiger partial charge on any atom is -0.316 e. The van der Waals surface area contributed by atoms with Gasteiger partial charge in [0.15, 0.2) is 0 Å². The standard InChI is InChI=1S/C15H21N/c1-2-7-15-13(4-1)5-3-6-14(15)10-12-8-9-16-11-12/h3,5-6,12,16H,1-2,4,7-11H2. The van der Waals surface area contributed by atoms with Gasteiger partial charge in [0.2, 0.25) is 0 Å². The molecule has 16 heavy (non-hydrogen) atoms. The van der Waals surface area contributed by atoms with Gasteiger partial charge in [-0.2, -0.15) is 0 Å². The fourth-order valence-electron chi connectivity index (χ4n) is 3.25. The normalized spacial score (nSPS) is 24.4. The molecule has 0 saturated carbocycles. The van der Waals surface area contributed by atoms with Crippen LogP contribution >= 0.6 is 0 Å². The van der Waals surface area contributed by atoms with Gasteiger partial charge >= 0.3 is 0 Å². The van der Waals surface area contributed by atoms with Crippen molar-refractivity contribution in [3.05, 3.63) is 34.9 Å². The van der Waals surface area contributed by atoms with Crippen LogP contribution in [0.3, 0.4) is 0 Å². The lowest BCUT2D eigenvalue weighted by Gasteiger charge is -2.20.